The molecule has 1 aromatic heterocycles. The minimum Gasteiger partial charge on any atom is -0.326 e. The quantitative estimate of drug-likeness (QED) is 0.623. The molecule has 0 aliphatic rings. The molecule has 0 fully saturated rings. The van der Waals surface area contributed by atoms with Crippen LogP contribution in [0.15, 0.2) is 42.5 Å². The van der Waals surface area contributed by atoms with Gasteiger partial charge >= 0.3 is 0 Å². The molecule has 3 aromatic rings. The summed E-state index contributed by atoms with van der Waals surface area (Å²) in [5, 5.41) is 4.18. The molecule has 0 aliphatic heterocycles. The van der Waals surface area contributed by atoms with Gasteiger partial charge in [0.05, 0.1) is 15.2 Å². The Labute approximate surface area is 146 Å². The fraction of sp³-hybridized carbons (Fsp3) is 0.300. The monoisotopic (exact) mass is 338 g/mol. The summed E-state index contributed by atoms with van der Waals surface area (Å²) in [7, 11) is 0. The number of hydrogen-bond donors (Lipinski definition) is 1. The molecule has 0 atom stereocenters. The van der Waals surface area contributed by atoms with E-state index in [-0.39, 0.29) is 5.91 Å². The molecule has 124 valence electrons. The molecule has 0 saturated heterocycles. The Morgan fingerprint density at radius 3 is 2.79 bits per heavy atom. The van der Waals surface area contributed by atoms with Gasteiger partial charge in [-0.1, -0.05) is 24.3 Å². The van der Waals surface area contributed by atoms with Gasteiger partial charge in [0.25, 0.3) is 0 Å². The summed E-state index contributed by atoms with van der Waals surface area (Å²) in [6.45, 7) is 4.05. The molecule has 0 aliphatic carbocycles. The van der Waals surface area contributed by atoms with Crippen LogP contribution in [0.25, 0.3) is 10.2 Å². The number of hydrogen-bond acceptors (Lipinski definition) is 3. The van der Waals surface area contributed by atoms with Crippen molar-refractivity contribution in [3.8, 4) is 0 Å². The largest absolute Gasteiger partial charge is 0.326 e. The van der Waals surface area contributed by atoms with Crippen LogP contribution in [0.5, 0.6) is 0 Å². The minimum absolute atomic E-state index is 0.0907. The van der Waals surface area contributed by atoms with Crippen molar-refractivity contribution >= 4 is 33.1 Å². The van der Waals surface area contributed by atoms with Crippen LogP contribution in [0.2, 0.25) is 0 Å². The number of fused-ring (bicyclic) bond motifs is 1. The number of thiazole rings is 1. The number of anilines is 1. The zero-order valence-corrected chi connectivity index (χ0v) is 15.0. The summed E-state index contributed by atoms with van der Waals surface area (Å²) < 4.78 is 1.24. The Kier molecular flexibility index (Phi) is 5.26. The number of para-hydroxylation sites is 1. The second kappa shape index (κ2) is 7.58. The van der Waals surface area contributed by atoms with Crippen LogP contribution in [0.4, 0.5) is 5.69 Å². The van der Waals surface area contributed by atoms with Crippen molar-refractivity contribution in [2.24, 2.45) is 0 Å². The summed E-state index contributed by atoms with van der Waals surface area (Å²) in [6.07, 6.45) is 3.36. The van der Waals surface area contributed by atoms with Crippen molar-refractivity contribution in [1.29, 1.82) is 0 Å². The van der Waals surface area contributed by atoms with Gasteiger partial charge < -0.3 is 5.32 Å². The summed E-state index contributed by atoms with van der Waals surface area (Å²) in [5.41, 5.74) is 4.26. The van der Waals surface area contributed by atoms with Gasteiger partial charge in [-0.2, -0.15) is 0 Å². The Morgan fingerprint density at radius 1 is 1.12 bits per heavy atom. The van der Waals surface area contributed by atoms with Gasteiger partial charge in [0, 0.05) is 12.1 Å². The summed E-state index contributed by atoms with van der Waals surface area (Å²) in [5.74, 6) is 0.0907. The van der Waals surface area contributed by atoms with Crippen LogP contribution in [-0.4, -0.2) is 10.9 Å². The van der Waals surface area contributed by atoms with E-state index in [1.54, 1.807) is 11.3 Å². The van der Waals surface area contributed by atoms with Gasteiger partial charge in [-0.15, -0.1) is 11.3 Å². The van der Waals surface area contributed by atoms with Crippen LogP contribution in [0.1, 0.15) is 35.4 Å². The highest BCUT2D eigenvalue weighted by Crippen LogP contribution is 2.23. The van der Waals surface area contributed by atoms with Crippen molar-refractivity contribution < 1.29 is 4.79 Å². The highest BCUT2D eigenvalue weighted by atomic mass is 32.1. The molecule has 0 saturated carbocycles. The first-order valence-electron chi connectivity index (χ1n) is 8.33. The average molecular weight is 338 g/mol. The molecule has 1 heterocycles. The van der Waals surface area contributed by atoms with Crippen molar-refractivity contribution in [3.05, 3.63) is 58.6 Å². The number of benzene rings is 2. The maximum atomic E-state index is 12.1. The Balaban J connectivity index is 1.46. The van der Waals surface area contributed by atoms with Crippen molar-refractivity contribution in [2.45, 2.75) is 39.5 Å². The Hall–Kier alpha value is -2.20. The number of aryl methyl sites for hydroxylation is 3. The second-order valence-corrected chi connectivity index (χ2v) is 7.26. The molecule has 1 amide bonds. The van der Waals surface area contributed by atoms with Gasteiger partial charge in [-0.05, 0) is 62.4 Å². The molecule has 0 bridgehead atoms. The van der Waals surface area contributed by atoms with Crippen molar-refractivity contribution in [1.82, 2.24) is 4.98 Å². The van der Waals surface area contributed by atoms with Crippen LogP contribution < -0.4 is 5.32 Å². The number of amides is 1. The number of aromatic nitrogens is 1. The smallest absolute Gasteiger partial charge is 0.224 e. The van der Waals surface area contributed by atoms with Gasteiger partial charge in [-0.3, -0.25) is 4.79 Å². The van der Waals surface area contributed by atoms with Gasteiger partial charge in [-0.25, -0.2) is 4.98 Å². The van der Waals surface area contributed by atoms with Crippen LogP contribution in [0.3, 0.4) is 0 Å². The highest BCUT2D eigenvalue weighted by Gasteiger charge is 2.07. The lowest BCUT2D eigenvalue weighted by Crippen LogP contribution is -2.12. The van der Waals surface area contributed by atoms with E-state index in [1.807, 2.05) is 44.2 Å². The van der Waals surface area contributed by atoms with Gasteiger partial charge in [0.15, 0.2) is 0 Å². The van der Waals surface area contributed by atoms with Crippen LogP contribution in [-0.2, 0) is 11.2 Å². The molecule has 1 N–H and O–H groups in total. The average Bonchev–Trinajstić information content (AvgIpc) is 2.98. The Bertz CT molecular complexity index is 821. The van der Waals surface area contributed by atoms with Crippen molar-refractivity contribution in [2.75, 3.05) is 5.32 Å². The molecule has 0 spiro atoms. The van der Waals surface area contributed by atoms with Gasteiger partial charge in [0.2, 0.25) is 5.91 Å². The number of carbonyl (C=O) groups is 1. The molecule has 4 heteroatoms. The molecular formula is C20H22N2OS. The minimum atomic E-state index is 0.0907. The number of carbonyl (C=O) groups excluding carboxylic acids is 1. The Morgan fingerprint density at radius 2 is 1.96 bits per heavy atom. The van der Waals surface area contributed by atoms with E-state index < -0.39 is 0 Å². The van der Waals surface area contributed by atoms with E-state index in [1.165, 1.54) is 4.70 Å². The first-order valence-corrected chi connectivity index (χ1v) is 9.15. The first kappa shape index (κ1) is 16.7. The predicted molar refractivity (Wildman–Crippen MR) is 102 cm³/mol. The van der Waals surface area contributed by atoms with Crippen LogP contribution >= 0.6 is 11.3 Å². The fourth-order valence-electron chi connectivity index (χ4n) is 2.67. The zero-order chi connectivity index (χ0) is 16.9. The standard InChI is InChI=1S/C20H22N2OS/c1-14-11-12-15(2)17(13-14)21-19(23)9-5-6-10-20-22-16-7-3-4-8-18(16)24-20/h3-4,7-8,11-13H,5-6,9-10H2,1-2H3,(H,21,23). The topological polar surface area (TPSA) is 42.0 Å². The summed E-state index contributed by atoms with van der Waals surface area (Å²) in [6, 6.07) is 14.3. The van der Waals surface area contributed by atoms with E-state index in [0.29, 0.717) is 6.42 Å². The van der Waals surface area contributed by atoms with E-state index in [0.717, 1.165) is 46.6 Å². The normalized spacial score (nSPS) is 10.9. The summed E-state index contributed by atoms with van der Waals surface area (Å²) in [4.78, 5) is 16.7. The number of nitrogens with zero attached hydrogens (tertiary/aromatic N) is 1. The fourth-order valence-corrected chi connectivity index (χ4v) is 3.68. The second-order valence-electron chi connectivity index (χ2n) is 6.15. The van der Waals surface area contributed by atoms with E-state index in [9.17, 15) is 4.79 Å². The predicted octanol–water partition coefficient (Wildman–Crippen LogP) is 5.26. The summed E-state index contributed by atoms with van der Waals surface area (Å²) >= 11 is 1.75. The number of nitrogens with one attached hydrogen (secondary N) is 1. The number of rotatable bonds is 6. The SMILES string of the molecule is Cc1ccc(C)c(NC(=O)CCCCc2nc3ccccc3s2)c1. The maximum absolute atomic E-state index is 12.1. The first-order chi connectivity index (χ1) is 11.6. The van der Waals surface area contributed by atoms with Crippen molar-refractivity contribution in [3.63, 3.8) is 0 Å². The molecular weight excluding hydrogens is 316 g/mol. The van der Waals surface area contributed by atoms with E-state index in [2.05, 4.69) is 22.4 Å². The molecule has 2 aromatic carbocycles. The molecule has 3 rings (SSSR count). The maximum Gasteiger partial charge on any atom is 0.224 e. The molecule has 0 radical (unpaired) electrons. The lowest BCUT2D eigenvalue weighted by Gasteiger charge is -2.09. The lowest BCUT2D eigenvalue weighted by molar-refractivity contribution is -0.116. The van der Waals surface area contributed by atoms with E-state index >= 15 is 0 Å². The molecule has 24 heavy (non-hydrogen) atoms. The molecule has 0 unspecified atom stereocenters. The highest BCUT2D eigenvalue weighted by molar-refractivity contribution is 7.18. The zero-order valence-electron chi connectivity index (χ0n) is 14.1. The third-order valence-corrected chi connectivity index (χ3v) is 5.15. The third kappa shape index (κ3) is 4.20. The molecule has 3 nitrogen and oxygen atoms in total. The lowest BCUT2D eigenvalue weighted by atomic mass is 10.1. The third-order valence-electron chi connectivity index (χ3n) is 4.05. The van der Waals surface area contributed by atoms with Gasteiger partial charge in [0.1, 0.15) is 0 Å². The van der Waals surface area contributed by atoms with E-state index in [4.69, 9.17) is 0 Å². The number of unbranched alkanes of at least 4 members (excludes halogenated alkanes) is 1. The van der Waals surface area contributed by atoms with Crippen LogP contribution in [0, 0.1) is 13.8 Å².